The zero-order chi connectivity index (χ0) is 20.6. The molecule has 0 fully saturated rings. The molecule has 2 aromatic carbocycles. The largest absolute Gasteiger partial charge is 0.508 e. The van der Waals surface area contributed by atoms with E-state index in [9.17, 15) is 14.7 Å². The number of esters is 1. The van der Waals surface area contributed by atoms with Crippen molar-refractivity contribution in [2.24, 2.45) is 0 Å². The summed E-state index contributed by atoms with van der Waals surface area (Å²) in [6, 6.07) is 14.9. The van der Waals surface area contributed by atoms with Crippen molar-refractivity contribution >= 4 is 23.6 Å². The molecular weight excluding hydrogens is 394 g/mol. The summed E-state index contributed by atoms with van der Waals surface area (Å²) in [5, 5.41) is 24.0. The molecule has 1 heterocycles. The minimum absolute atomic E-state index is 0.0146. The smallest absolute Gasteiger partial charge is 0.328 e. The van der Waals surface area contributed by atoms with Gasteiger partial charge in [-0.25, -0.2) is 4.79 Å². The topological polar surface area (TPSA) is 119 Å². The van der Waals surface area contributed by atoms with Crippen LogP contribution in [-0.4, -0.2) is 56.1 Å². The summed E-state index contributed by atoms with van der Waals surface area (Å²) >= 11 is 1.13. The summed E-state index contributed by atoms with van der Waals surface area (Å²) in [5.41, 5.74) is 1.55. The molecule has 0 unspecified atom stereocenters. The predicted octanol–water partition coefficient (Wildman–Crippen LogP) is 1.36. The van der Waals surface area contributed by atoms with E-state index < -0.39 is 12.0 Å². The van der Waals surface area contributed by atoms with Gasteiger partial charge in [-0.2, -0.15) is 4.68 Å². The first kappa shape index (κ1) is 20.3. The van der Waals surface area contributed by atoms with Gasteiger partial charge in [0.25, 0.3) is 0 Å². The first-order valence-electron chi connectivity index (χ1n) is 8.68. The Hall–Kier alpha value is -3.40. The van der Waals surface area contributed by atoms with Gasteiger partial charge in [0.1, 0.15) is 11.8 Å². The van der Waals surface area contributed by atoms with Crippen LogP contribution >= 0.6 is 11.8 Å². The zero-order valence-corrected chi connectivity index (χ0v) is 16.4. The number of methoxy groups -OCH3 is 1. The van der Waals surface area contributed by atoms with E-state index in [0.29, 0.717) is 17.3 Å². The van der Waals surface area contributed by atoms with Gasteiger partial charge >= 0.3 is 5.97 Å². The highest BCUT2D eigenvalue weighted by molar-refractivity contribution is 7.99. The standard InChI is InChI=1S/C19H19N5O4S/c1-28-18(27)16(11-13-5-3-2-4-6-13)20-17(26)12-29-19-21-22-23-24(19)14-7-9-15(25)10-8-14/h2-10,16,25H,11-12H2,1H3,(H,20,26)/t16-/m1/s1. The van der Waals surface area contributed by atoms with Crippen LogP contribution in [0.15, 0.2) is 59.8 Å². The van der Waals surface area contributed by atoms with Crippen LogP contribution < -0.4 is 5.32 Å². The Labute approximate surface area is 171 Å². The van der Waals surface area contributed by atoms with E-state index in [1.807, 2.05) is 30.3 Å². The SMILES string of the molecule is COC(=O)[C@@H](Cc1ccccc1)NC(=O)CSc1nnnn1-c1ccc(O)cc1. The molecule has 3 aromatic rings. The van der Waals surface area contributed by atoms with Gasteiger partial charge in [0.15, 0.2) is 0 Å². The summed E-state index contributed by atoms with van der Waals surface area (Å²) in [6.45, 7) is 0. The van der Waals surface area contributed by atoms with Gasteiger partial charge < -0.3 is 15.2 Å². The van der Waals surface area contributed by atoms with Crippen molar-refractivity contribution in [3.63, 3.8) is 0 Å². The third-order valence-corrected chi connectivity index (χ3v) is 4.89. The first-order valence-corrected chi connectivity index (χ1v) is 9.67. The van der Waals surface area contributed by atoms with Gasteiger partial charge in [-0.05, 0) is 40.3 Å². The summed E-state index contributed by atoms with van der Waals surface area (Å²) < 4.78 is 6.26. The lowest BCUT2D eigenvalue weighted by Gasteiger charge is -2.16. The Morgan fingerprint density at radius 2 is 1.90 bits per heavy atom. The van der Waals surface area contributed by atoms with E-state index in [2.05, 4.69) is 20.8 Å². The number of nitrogens with one attached hydrogen (secondary N) is 1. The zero-order valence-electron chi connectivity index (χ0n) is 15.6. The van der Waals surface area contributed by atoms with Crippen molar-refractivity contribution in [1.29, 1.82) is 0 Å². The van der Waals surface area contributed by atoms with E-state index in [1.165, 1.54) is 23.9 Å². The monoisotopic (exact) mass is 413 g/mol. The highest BCUT2D eigenvalue weighted by atomic mass is 32.2. The van der Waals surface area contributed by atoms with Crippen LogP contribution in [0.25, 0.3) is 5.69 Å². The molecule has 2 N–H and O–H groups in total. The number of rotatable bonds is 8. The fourth-order valence-electron chi connectivity index (χ4n) is 2.58. The normalized spacial score (nSPS) is 11.6. The summed E-state index contributed by atoms with van der Waals surface area (Å²) in [7, 11) is 1.28. The van der Waals surface area contributed by atoms with E-state index >= 15 is 0 Å². The lowest BCUT2D eigenvalue weighted by molar-refractivity contribution is -0.144. The predicted molar refractivity (Wildman–Crippen MR) is 106 cm³/mol. The van der Waals surface area contributed by atoms with Crippen LogP contribution in [0.2, 0.25) is 0 Å². The number of benzene rings is 2. The van der Waals surface area contributed by atoms with Crippen molar-refractivity contribution in [3.05, 3.63) is 60.2 Å². The number of carbonyl (C=O) groups is 2. The lowest BCUT2D eigenvalue weighted by atomic mass is 10.1. The maximum absolute atomic E-state index is 12.4. The molecule has 150 valence electrons. The van der Waals surface area contributed by atoms with E-state index in [1.54, 1.807) is 12.1 Å². The molecule has 29 heavy (non-hydrogen) atoms. The number of aromatic hydroxyl groups is 1. The third-order valence-electron chi connectivity index (χ3n) is 3.97. The number of hydrogen-bond donors (Lipinski definition) is 2. The molecule has 0 aliphatic carbocycles. The highest BCUT2D eigenvalue weighted by Crippen LogP contribution is 2.19. The number of phenols is 1. The van der Waals surface area contributed by atoms with Crippen LogP contribution in [0.5, 0.6) is 5.75 Å². The van der Waals surface area contributed by atoms with Gasteiger partial charge in [-0.3, -0.25) is 4.79 Å². The number of thioether (sulfide) groups is 1. The number of ether oxygens (including phenoxy) is 1. The summed E-state index contributed by atoms with van der Waals surface area (Å²) in [6.07, 6.45) is 0.329. The summed E-state index contributed by atoms with van der Waals surface area (Å²) in [5.74, 6) is -0.716. The minimum atomic E-state index is -0.788. The Morgan fingerprint density at radius 1 is 1.17 bits per heavy atom. The molecule has 0 bridgehead atoms. The molecule has 0 aliphatic rings. The van der Waals surface area contributed by atoms with E-state index in [4.69, 9.17) is 4.74 Å². The van der Waals surface area contributed by atoms with Crippen molar-refractivity contribution in [1.82, 2.24) is 25.5 Å². The molecule has 0 radical (unpaired) electrons. The number of tetrazole rings is 1. The van der Waals surface area contributed by atoms with Crippen molar-refractivity contribution < 1.29 is 19.4 Å². The number of phenolic OH excluding ortho intramolecular Hbond substituents is 1. The molecule has 10 heteroatoms. The summed E-state index contributed by atoms with van der Waals surface area (Å²) in [4.78, 5) is 24.5. The number of hydrogen-bond acceptors (Lipinski definition) is 8. The number of nitrogens with zero attached hydrogens (tertiary/aromatic N) is 4. The molecule has 1 aromatic heterocycles. The molecule has 0 saturated heterocycles. The van der Waals surface area contributed by atoms with Crippen LogP contribution in [0.3, 0.4) is 0 Å². The second-order valence-corrected chi connectivity index (χ2v) is 6.95. The molecule has 0 spiro atoms. The second kappa shape index (κ2) is 9.69. The molecule has 3 rings (SSSR count). The van der Waals surface area contributed by atoms with Gasteiger partial charge in [0.2, 0.25) is 11.1 Å². The molecule has 9 nitrogen and oxygen atoms in total. The first-order chi connectivity index (χ1) is 14.1. The maximum Gasteiger partial charge on any atom is 0.328 e. The molecule has 1 atom stereocenters. The average Bonchev–Trinajstić information content (AvgIpc) is 3.21. The highest BCUT2D eigenvalue weighted by Gasteiger charge is 2.22. The van der Waals surface area contributed by atoms with Crippen molar-refractivity contribution in [2.75, 3.05) is 12.9 Å². The Kier molecular flexibility index (Phi) is 6.80. The van der Waals surface area contributed by atoms with Crippen molar-refractivity contribution in [2.45, 2.75) is 17.6 Å². The van der Waals surface area contributed by atoms with E-state index in [-0.39, 0.29) is 17.4 Å². The minimum Gasteiger partial charge on any atom is -0.508 e. The van der Waals surface area contributed by atoms with Gasteiger partial charge in [-0.15, -0.1) is 5.10 Å². The lowest BCUT2D eigenvalue weighted by Crippen LogP contribution is -2.43. The molecule has 0 aliphatic heterocycles. The Balaban J connectivity index is 1.62. The van der Waals surface area contributed by atoms with Crippen LogP contribution in [0.1, 0.15) is 5.56 Å². The number of carbonyl (C=O) groups excluding carboxylic acids is 2. The Morgan fingerprint density at radius 3 is 2.59 bits per heavy atom. The van der Waals surface area contributed by atoms with Crippen LogP contribution in [0.4, 0.5) is 0 Å². The van der Waals surface area contributed by atoms with E-state index in [0.717, 1.165) is 17.3 Å². The van der Waals surface area contributed by atoms with Gasteiger partial charge in [0.05, 0.1) is 18.6 Å². The Bertz CT molecular complexity index is 962. The second-order valence-electron chi connectivity index (χ2n) is 6.01. The fourth-order valence-corrected chi connectivity index (χ4v) is 3.28. The molecule has 1 amide bonds. The van der Waals surface area contributed by atoms with Crippen LogP contribution in [-0.2, 0) is 20.7 Å². The van der Waals surface area contributed by atoms with Crippen LogP contribution in [0, 0.1) is 0 Å². The van der Waals surface area contributed by atoms with Crippen molar-refractivity contribution in [3.8, 4) is 11.4 Å². The maximum atomic E-state index is 12.4. The van der Waals surface area contributed by atoms with Gasteiger partial charge in [0, 0.05) is 6.42 Å². The quantitative estimate of drug-likeness (QED) is 0.420. The van der Waals surface area contributed by atoms with Gasteiger partial charge in [-0.1, -0.05) is 42.1 Å². The molecular formula is C19H19N5O4S. The number of amides is 1. The average molecular weight is 413 g/mol. The third kappa shape index (κ3) is 5.55. The molecule has 0 saturated carbocycles. The number of aromatic nitrogens is 4. The fraction of sp³-hybridized carbons (Fsp3) is 0.211.